The van der Waals surface area contributed by atoms with Crippen LogP contribution in [0.2, 0.25) is 0 Å². The zero-order chi connectivity index (χ0) is 80.5. The van der Waals surface area contributed by atoms with Gasteiger partial charge in [0.1, 0.15) is 66.2 Å². The Hall–Kier alpha value is -12.1. The van der Waals surface area contributed by atoms with Crippen molar-refractivity contribution in [1.82, 2.24) is 77.9 Å². The second-order valence-corrected chi connectivity index (χ2v) is 27.8. The number of hydrogen-bond donors (Lipinski definition) is 17. The number of carboxylic acids is 1. The molecule has 3 saturated heterocycles. The number of imide groups is 2. The van der Waals surface area contributed by atoms with Gasteiger partial charge in [0, 0.05) is 87.7 Å². The minimum absolute atomic E-state index is 0.0397. The van der Waals surface area contributed by atoms with Gasteiger partial charge in [-0.2, -0.15) is 0 Å². The highest BCUT2D eigenvalue weighted by Crippen LogP contribution is 2.28. The van der Waals surface area contributed by atoms with Crippen molar-refractivity contribution < 1.29 is 87.2 Å². The van der Waals surface area contributed by atoms with Crippen LogP contribution in [0.5, 0.6) is 5.75 Å². The van der Waals surface area contributed by atoms with Gasteiger partial charge in [0.2, 0.25) is 70.9 Å². The second-order valence-electron chi connectivity index (χ2n) is 27.8. The number of aliphatic hydroxyl groups is 1. The number of hydrogen-bond acceptors (Lipinski definition) is 19. The molecule has 9 rings (SSSR count). The second kappa shape index (κ2) is 40.7. The Bertz CT molecular complexity index is 4140. The number of likely N-dealkylation sites (N-methyl/N-ethyl adjacent to an activating group) is 1. The number of carbonyl (C=O) groups is 15. The van der Waals surface area contributed by atoms with Crippen molar-refractivity contribution in [2.75, 3.05) is 26.2 Å². The highest BCUT2D eigenvalue weighted by Gasteiger charge is 2.45. The van der Waals surface area contributed by atoms with Gasteiger partial charge in [0.15, 0.2) is 5.96 Å². The van der Waals surface area contributed by atoms with Crippen LogP contribution in [0.1, 0.15) is 143 Å². The zero-order valence-electron chi connectivity index (χ0n) is 62.0. The number of guanidine groups is 1. The van der Waals surface area contributed by atoms with Gasteiger partial charge in [0.25, 0.3) is 17.8 Å². The summed E-state index contributed by atoms with van der Waals surface area (Å²) >= 11 is 0. The third-order valence-corrected chi connectivity index (χ3v) is 18.3. The molecule has 2 aromatic heterocycles. The predicted molar refractivity (Wildman–Crippen MR) is 397 cm³/mol. The summed E-state index contributed by atoms with van der Waals surface area (Å²) in [7, 11) is 0. The number of aliphatic hydroxyl groups excluding tert-OH is 1. The lowest BCUT2D eigenvalue weighted by molar-refractivity contribution is -0.142. The number of rotatable bonds is 33. The Morgan fingerprint density at radius 1 is 0.636 bits per heavy atom. The number of carbonyl (C=O) groups excluding carboxylic acids is 14. The molecule has 14 amide bonds. The number of aliphatic imine (C=N–C) groups is 1. The van der Waals surface area contributed by atoms with Crippen molar-refractivity contribution in [3.63, 3.8) is 0 Å². The van der Waals surface area contributed by atoms with E-state index in [0.717, 1.165) is 17.3 Å². The fraction of sp³-hybridized carbons (Fsp3) is 0.473. The first-order chi connectivity index (χ1) is 52.3. The first kappa shape index (κ1) is 85.1. The number of aromatic amines is 2. The molecule has 110 heavy (non-hydrogen) atoms. The van der Waals surface area contributed by atoms with Gasteiger partial charge in [-0.25, -0.2) is 4.98 Å². The van der Waals surface area contributed by atoms with Gasteiger partial charge in [-0.15, -0.1) is 0 Å². The van der Waals surface area contributed by atoms with Crippen LogP contribution in [0.4, 0.5) is 0 Å². The average molecular weight is 1530 g/mol. The van der Waals surface area contributed by atoms with E-state index in [-0.39, 0.29) is 125 Å². The van der Waals surface area contributed by atoms with Crippen LogP contribution in [-0.2, 0) is 81.6 Å². The highest BCUT2D eigenvalue weighted by atomic mass is 16.4. The van der Waals surface area contributed by atoms with E-state index in [1.807, 2.05) is 19.9 Å². The molecule has 592 valence electrons. The molecule has 0 bridgehead atoms. The number of phenolic OH excluding ortho intramolecular Hbond substituents is 1. The minimum Gasteiger partial charge on any atom is -0.508 e. The predicted octanol–water partition coefficient (Wildman–Crippen LogP) is -1.26. The topological polar surface area (TPSA) is 552 Å². The maximum absolute atomic E-state index is 14.7. The first-order valence-corrected chi connectivity index (χ1v) is 36.3. The minimum atomic E-state index is -1.75. The van der Waals surface area contributed by atoms with Crippen LogP contribution in [0.3, 0.4) is 0 Å². The average Bonchev–Trinajstić information content (AvgIpc) is 1.61. The van der Waals surface area contributed by atoms with Crippen molar-refractivity contribution in [1.29, 1.82) is 0 Å². The van der Waals surface area contributed by atoms with Crippen LogP contribution in [0.25, 0.3) is 10.9 Å². The number of H-pyrrole nitrogens is 2. The van der Waals surface area contributed by atoms with Crippen molar-refractivity contribution >= 4 is 106 Å². The largest absolute Gasteiger partial charge is 0.508 e. The van der Waals surface area contributed by atoms with E-state index in [4.69, 9.17) is 21.4 Å². The van der Waals surface area contributed by atoms with Crippen LogP contribution >= 0.6 is 0 Å². The van der Waals surface area contributed by atoms with Crippen molar-refractivity contribution in [2.24, 2.45) is 28.3 Å². The number of nitrogens with zero attached hydrogens (tertiary/aromatic N) is 4. The zero-order valence-corrected chi connectivity index (χ0v) is 62.0. The van der Waals surface area contributed by atoms with E-state index < -0.39 is 138 Å². The maximum atomic E-state index is 14.7. The number of para-hydroxylation sites is 1. The molecule has 4 aliphatic heterocycles. The first-order valence-electron chi connectivity index (χ1n) is 36.3. The number of fused-ring (bicyclic) bond motifs is 2. The number of nitrogens with one attached hydrogen (secondary N) is 12. The molecule has 3 fully saturated rings. The summed E-state index contributed by atoms with van der Waals surface area (Å²) < 4.78 is 0. The summed E-state index contributed by atoms with van der Waals surface area (Å²) in [5, 5.41) is 55.4. The summed E-state index contributed by atoms with van der Waals surface area (Å²) in [5.41, 5.74) is 13.9. The lowest BCUT2D eigenvalue weighted by atomic mass is 9.98. The molecule has 0 spiro atoms. The smallest absolute Gasteiger partial charge is 0.300 e. The van der Waals surface area contributed by atoms with Gasteiger partial charge in [-0.3, -0.25) is 87.1 Å². The van der Waals surface area contributed by atoms with Crippen LogP contribution in [0, 0.1) is 11.8 Å². The van der Waals surface area contributed by atoms with Crippen LogP contribution in [0.15, 0.2) is 96.5 Å². The Morgan fingerprint density at radius 2 is 1.17 bits per heavy atom. The van der Waals surface area contributed by atoms with Gasteiger partial charge in [0.05, 0.1) is 24.1 Å². The molecule has 3 aromatic carbocycles. The van der Waals surface area contributed by atoms with E-state index in [1.165, 1.54) is 41.7 Å². The Balaban J connectivity index is 0.000000618. The molecule has 0 aliphatic carbocycles. The number of imidazole rings is 1. The molecule has 0 radical (unpaired) electrons. The lowest BCUT2D eigenvalue weighted by Crippen LogP contribution is -2.61. The third kappa shape index (κ3) is 24.5. The van der Waals surface area contributed by atoms with Crippen LogP contribution in [-0.4, -0.2) is 221 Å². The summed E-state index contributed by atoms with van der Waals surface area (Å²) in [6, 6.07) is 7.13. The van der Waals surface area contributed by atoms with Gasteiger partial charge >= 0.3 is 0 Å². The Labute approximate surface area is 633 Å². The number of aromatic hydroxyl groups is 1. The van der Waals surface area contributed by atoms with E-state index in [9.17, 15) is 77.3 Å². The molecule has 36 nitrogen and oxygen atoms in total. The molecule has 10 atom stereocenters. The van der Waals surface area contributed by atoms with E-state index >= 15 is 0 Å². The number of piperidine rings is 1. The molecular weight excluding hydrogens is 1430 g/mol. The number of aromatic nitrogens is 3. The number of aliphatic carboxylic acids is 1. The van der Waals surface area contributed by atoms with Gasteiger partial charge < -0.3 is 89.5 Å². The van der Waals surface area contributed by atoms with Crippen LogP contribution < -0.4 is 64.6 Å². The van der Waals surface area contributed by atoms with Crippen molar-refractivity contribution in [2.45, 2.75) is 185 Å². The fourth-order valence-corrected chi connectivity index (χ4v) is 12.9. The third-order valence-electron chi connectivity index (χ3n) is 18.3. The van der Waals surface area contributed by atoms with Gasteiger partial charge in [-0.05, 0) is 112 Å². The number of nitrogens with two attached hydrogens (primary N) is 2. The molecular formula is C74H98N18O18. The normalized spacial score (nSPS) is 17.7. The summed E-state index contributed by atoms with van der Waals surface area (Å²) in [6.07, 6.45) is 6.11. The summed E-state index contributed by atoms with van der Waals surface area (Å²) in [4.78, 5) is 212. The standard InChI is InChI=1S/C59H84N16O12.C13H10N2O4.C2H4O2/c1-6-63-57(86)48-14-10-22-75(48)58(87)41(13-9-21-64-59(60)61)68-51(80)42(23-32(2)3)69-52(81)43(24-33(4)5)70-53(82)44(25-34-15-17-37(77)18-16-34)71-56(85)47(30-76)74-54(83)45(26-35-28-65-39-12-8-7-11-38(35)39)72-55(84)46(27-36-29-62-31-66-36)73-50(79)40-19-20-49(78)67-40;16-10-6-5-9(11(17)14-10)15-12(18)7-3-1-2-4-8(7)13(15)19;1-2(3)4/h7-8,11-12,15-18,28-29,31-33,40-48,65,76-77H,6,9-10,13-14,19-27,30H2,1-5H3,(H,62,66)(H,63,86)(H,67,78)(H,68,80)(H,69,81)(H,70,82)(H,71,85)(H,72,84)(H,73,79)(H,74,83)(H4,60,61,64);1-4,9H,5-6H2,(H,14,16,17);1H3,(H,3,4)/t40-,41-,42-,43+,44-,45-,46-,47-,48-;;/m0../s1. The molecule has 6 heterocycles. The molecule has 19 N–H and O–H groups in total. The van der Waals surface area contributed by atoms with Crippen molar-refractivity contribution in [3.8, 4) is 5.75 Å². The molecule has 36 heteroatoms. The van der Waals surface area contributed by atoms with E-state index in [1.54, 1.807) is 69.4 Å². The number of benzene rings is 3. The maximum Gasteiger partial charge on any atom is 0.300 e. The number of carboxylic acid groups (broad SMARTS) is 1. The SMILES string of the molecule is CC(=O)O.CCNC(=O)[C@@H]1CCCN1C(=O)[C@H](CCCN=C(N)N)NC(=O)[C@H](CC(C)C)NC(=O)[C@@H](CC(C)C)NC(=O)[C@H](Cc1ccc(O)cc1)NC(=O)[C@H](CO)NC(=O)[C@H](Cc1c[nH]c2ccccc12)NC(=O)[C@H](Cc1cnc[nH]1)NC(=O)[C@@H]1CCC(=O)N1.O=C1CCC(N2C(=O)c3ccccc3C2=O)C(=O)N1. The quantitative estimate of drug-likeness (QED) is 0.0101. The summed E-state index contributed by atoms with van der Waals surface area (Å²) in [6.45, 7) is 9.91. The monoisotopic (exact) mass is 1530 g/mol. The number of amides is 14. The van der Waals surface area contributed by atoms with E-state index in [0.29, 0.717) is 52.7 Å². The molecule has 0 saturated carbocycles. The molecule has 1 unspecified atom stereocenters. The van der Waals surface area contributed by atoms with E-state index in [2.05, 4.69) is 73.1 Å². The lowest BCUT2D eigenvalue weighted by Gasteiger charge is -2.31. The molecule has 5 aromatic rings. The Kier molecular flexibility index (Phi) is 31.5. The van der Waals surface area contributed by atoms with Gasteiger partial charge in [-0.1, -0.05) is 70.2 Å². The number of phenols is 1. The summed E-state index contributed by atoms with van der Waals surface area (Å²) in [5.74, 6) is -10.3. The number of likely N-dealkylation sites (tertiary alicyclic amines) is 1. The Morgan fingerprint density at radius 3 is 1.72 bits per heavy atom. The fourth-order valence-electron chi connectivity index (χ4n) is 12.9. The van der Waals surface area contributed by atoms with Crippen molar-refractivity contribution in [3.05, 3.63) is 119 Å². The molecule has 4 aliphatic rings. The highest BCUT2D eigenvalue weighted by molar-refractivity contribution is 6.23.